The molecule has 0 aromatic heterocycles. The quantitative estimate of drug-likeness (QED) is 0.772. The molecule has 0 radical (unpaired) electrons. The average molecular weight is 182 g/mol. The molecule has 2 nitrogen and oxygen atoms in total. The Kier molecular flexibility index (Phi) is 3.03. The van der Waals surface area contributed by atoms with Gasteiger partial charge in [0.1, 0.15) is 0 Å². The number of hydrogen-bond donors (Lipinski definition) is 1. The van der Waals surface area contributed by atoms with E-state index >= 15 is 0 Å². The zero-order valence-electron chi connectivity index (χ0n) is 7.38. The molecule has 1 aromatic carbocycles. The maximum atomic E-state index is 12.9. The zero-order valence-corrected chi connectivity index (χ0v) is 7.38. The van der Waals surface area contributed by atoms with E-state index in [-0.39, 0.29) is 12.4 Å². The van der Waals surface area contributed by atoms with Crippen LogP contribution in [0.5, 0.6) is 5.75 Å². The number of hydrogen-bond acceptors (Lipinski definition) is 2. The first-order chi connectivity index (χ1) is 6.19. The van der Waals surface area contributed by atoms with Crippen molar-refractivity contribution in [3.8, 4) is 5.75 Å². The Labute approximate surface area is 76.3 Å². The van der Waals surface area contributed by atoms with Gasteiger partial charge in [0.2, 0.25) is 0 Å². The molecule has 0 aliphatic rings. The van der Waals surface area contributed by atoms with Crippen molar-refractivity contribution in [1.82, 2.24) is 0 Å². The Morgan fingerprint density at radius 3 is 2.85 bits per heavy atom. The van der Waals surface area contributed by atoms with Crippen LogP contribution in [0.4, 0.5) is 4.39 Å². The Balaban J connectivity index is 3.06. The van der Waals surface area contributed by atoms with Gasteiger partial charge in [-0.1, -0.05) is 12.6 Å². The molecule has 0 atom stereocenters. The molecular formula is C10H11FO2. The SMILES string of the molecule is C=C(CO)c1ccc(F)c(OC)c1. The van der Waals surface area contributed by atoms with Crippen LogP contribution in [0, 0.1) is 5.82 Å². The van der Waals surface area contributed by atoms with E-state index < -0.39 is 5.82 Å². The van der Waals surface area contributed by atoms with E-state index in [1.807, 2.05) is 0 Å². The first-order valence-corrected chi connectivity index (χ1v) is 3.81. The van der Waals surface area contributed by atoms with E-state index in [0.29, 0.717) is 11.1 Å². The molecule has 70 valence electrons. The molecule has 1 rings (SSSR count). The number of rotatable bonds is 3. The second kappa shape index (κ2) is 4.05. The number of benzene rings is 1. The molecule has 0 saturated heterocycles. The molecule has 0 amide bonds. The fourth-order valence-corrected chi connectivity index (χ4v) is 0.971. The van der Waals surface area contributed by atoms with Crippen molar-refractivity contribution in [2.75, 3.05) is 13.7 Å². The van der Waals surface area contributed by atoms with Crippen molar-refractivity contribution >= 4 is 5.57 Å². The predicted octanol–water partition coefficient (Wildman–Crippen LogP) is 1.84. The molecule has 0 aliphatic carbocycles. The third kappa shape index (κ3) is 2.06. The van der Waals surface area contributed by atoms with E-state index in [2.05, 4.69) is 6.58 Å². The van der Waals surface area contributed by atoms with Crippen LogP contribution >= 0.6 is 0 Å². The summed E-state index contributed by atoms with van der Waals surface area (Å²) >= 11 is 0. The monoisotopic (exact) mass is 182 g/mol. The van der Waals surface area contributed by atoms with E-state index in [4.69, 9.17) is 9.84 Å². The van der Waals surface area contributed by atoms with Crippen LogP contribution in [-0.4, -0.2) is 18.8 Å². The minimum atomic E-state index is -0.419. The Hall–Kier alpha value is -1.35. The highest BCUT2D eigenvalue weighted by Crippen LogP contribution is 2.21. The molecule has 0 fully saturated rings. The summed E-state index contributed by atoms with van der Waals surface area (Å²) in [5.41, 5.74) is 1.22. The lowest BCUT2D eigenvalue weighted by atomic mass is 10.1. The van der Waals surface area contributed by atoms with E-state index in [1.54, 1.807) is 6.07 Å². The largest absolute Gasteiger partial charge is 0.494 e. The molecule has 0 aliphatic heterocycles. The summed E-state index contributed by atoms with van der Waals surface area (Å²) in [7, 11) is 1.39. The first-order valence-electron chi connectivity index (χ1n) is 3.81. The molecule has 1 N–H and O–H groups in total. The third-order valence-corrected chi connectivity index (χ3v) is 1.75. The van der Waals surface area contributed by atoms with E-state index in [1.165, 1.54) is 19.2 Å². The normalized spacial score (nSPS) is 9.77. The topological polar surface area (TPSA) is 29.5 Å². The lowest BCUT2D eigenvalue weighted by molar-refractivity contribution is 0.350. The summed E-state index contributed by atoms with van der Waals surface area (Å²) in [6, 6.07) is 4.35. The van der Waals surface area contributed by atoms with Gasteiger partial charge in [-0.3, -0.25) is 0 Å². The minimum absolute atomic E-state index is 0.144. The van der Waals surface area contributed by atoms with Crippen molar-refractivity contribution in [2.45, 2.75) is 0 Å². The number of halogens is 1. The van der Waals surface area contributed by atoms with E-state index in [9.17, 15) is 4.39 Å². The highest BCUT2D eigenvalue weighted by atomic mass is 19.1. The van der Waals surface area contributed by atoms with Gasteiger partial charge < -0.3 is 9.84 Å². The highest BCUT2D eigenvalue weighted by molar-refractivity contribution is 5.65. The number of ether oxygens (including phenoxy) is 1. The van der Waals surface area contributed by atoms with Gasteiger partial charge >= 0.3 is 0 Å². The van der Waals surface area contributed by atoms with Crippen LogP contribution in [0.15, 0.2) is 24.8 Å². The summed E-state index contributed by atoms with van der Waals surface area (Å²) in [4.78, 5) is 0. The fraction of sp³-hybridized carbons (Fsp3) is 0.200. The van der Waals surface area contributed by atoms with Crippen molar-refractivity contribution in [2.24, 2.45) is 0 Å². The standard InChI is InChI=1S/C10H11FO2/c1-7(6-12)8-3-4-9(11)10(5-8)13-2/h3-5,12H,1,6H2,2H3. The predicted molar refractivity (Wildman–Crippen MR) is 49.1 cm³/mol. The molecule has 0 unspecified atom stereocenters. The number of methoxy groups -OCH3 is 1. The van der Waals surface area contributed by atoms with Crippen LogP contribution in [0.2, 0.25) is 0 Å². The molecule has 0 bridgehead atoms. The molecule has 13 heavy (non-hydrogen) atoms. The van der Waals surface area contributed by atoms with Gasteiger partial charge in [0.15, 0.2) is 11.6 Å². The molecular weight excluding hydrogens is 171 g/mol. The van der Waals surface area contributed by atoms with Gasteiger partial charge in [-0.05, 0) is 23.3 Å². The maximum absolute atomic E-state index is 12.9. The molecule has 3 heteroatoms. The summed E-state index contributed by atoms with van der Waals surface area (Å²) in [5.74, 6) is -0.260. The van der Waals surface area contributed by atoms with Gasteiger partial charge in [-0.15, -0.1) is 0 Å². The van der Waals surface area contributed by atoms with Crippen molar-refractivity contribution in [3.05, 3.63) is 36.2 Å². The van der Waals surface area contributed by atoms with Gasteiger partial charge in [-0.2, -0.15) is 0 Å². The molecule has 0 spiro atoms. The fourth-order valence-electron chi connectivity index (χ4n) is 0.971. The number of aliphatic hydroxyl groups is 1. The van der Waals surface area contributed by atoms with Crippen molar-refractivity contribution < 1.29 is 14.2 Å². The Bertz CT molecular complexity index is 321. The van der Waals surface area contributed by atoms with Gasteiger partial charge in [0.25, 0.3) is 0 Å². The van der Waals surface area contributed by atoms with Crippen LogP contribution in [-0.2, 0) is 0 Å². The summed E-state index contributed by atoms with van der Waals surface area (Å²) < 4.78 is 17.7. The zero-order chi connectivity index (χ0) is 9.84. The van der Waals surface area contributed by atoms with Gasteiger partial charge in [0, 0.05) is 0 Å². The minimum Gasteiger partial charge on any atom is -0.494 e. The molecule has 1 aromatic rings. The van der Waals surface area contributed by atoms with Crippen molar-refractivity contribution in [3.63, 3.8) is 0 Å². The van der Waals surface area contributed by atoms with Gasteiger partial charge in [-0.25, -0.2) is 4.39 Å². The highest BCUT2D eigenvalue weighted by Gasteiger charge is 2.04. The lowest BCUT2D eigenvalue weighted by Gasteiger charge is -2.05. The maximum Gasteiger partial charge on any atom is 0.165 e. The van der Waals surface area contributed by atoms with Crippen LogP contribution in [0.25, 0.3) is 5.57 Å². The first kappa shape index (κ1) is 9.74. The van der Waals surface area contributed by atoms with Crippen LogP contribution in [0.1, 0.15) is 5.56 Å². The number of aliphatic hydroxyl groups excluding tert-OH is 1. The van der Waals surface area contributed by atoms with Crippen LogP contribution < -0.4 is 4.74 Å². The average Bonchev–Trinajstić information content (AvgIpc) is 2.17. The molecule has 0 heterocycles. The third-order valence-electron chi connectivity index (χ3n) is 1.75. The summed E-state index contributed by atoms with van der Waals surface area (Å²) in [5, 5.41) is 8.79. The Morgan fingerprint density at radius 2 is 2.31 bits per heavy atom. The van der Waals surface area contributed by atoms with Crippen LogP contribution in [0.3, 0.4) is 0 Å². The summed E-state index contributed by atoms with van der Waals surface area (Å²) in [6.07, 6.45) is 0. The summed E-state index contributed by atoms with van der Waals surface area (Å²) in [6.45, 7) is 3.48. The lowest BCUT2D eigenvalue weighted by Crippen LogP contribution is -1.92. The van der Waals surface area contributed by atoms with Gasteiger partial charge in [0.05, 0.1) is 13.7 Å². The smallest absolute Gasteiger partial charge is 0.165 e. The second-order valence-corrected chi connectivity index (χ2v) is 2.61. The second-order valence-electron chi connectivity index (χ2n) is 2.61. The Morgan fingerprint density at radius 1 is 1.62 bits per heavy atom. The van der Waals surface area contributed by atoms with E-state index in [0.717, 1.165) is 0 Å². The van der Waals surface area contributed by atoms with Crippen molar-refractivity contribution in [1.29, 1.82) is 0 Å². The molecule has 0 saturated carbocycles.